The van der Waals surface area contributed by atoms with Gasteiger partial charge in [0.2, 0.25) is 0 Å². The highest BCUT2D eigenvalue weighted by molar-refractivity contribution is 9.09. The normalized spacial score (nSPS) is 12.0. The molecule has 0 aliphatic heterocycles. The van der Waals surface area contributed by atoms with Crippen molar-refractivity contribution in [2.24, 2.45) is 0 Å². The van der Waals surface area contributed by atoms with Crippen LogP contribution < -0.4 is 0 Å². The predicted molar refractivity (Wildman–Crippen MR) is 92.1 cm³/mol. The van der Waals surface area contributed by atoms with E-state index in [1.165, 1.54) is 88.2 Å². The zero-order valence-corrected chi connectivity index (χ0v) is 15.3. The lowest BCUT2D eigenvalue weighted by Gasteiger charge is -2.29. The van der Waals surface area contributed by atoms with Crippen molar-refractivity contribution in [3.8, 4) is 0 Å². The number of nitrogens with zero attached hydrogens (tertiary/aromatic N) is 1. The lowest BCUT2D eigenvalue weighted by Crippen LogP contribution is -2.41. The average Bonchev–Trinajstić information content (AvgIpc) is 2.36. The number of rotatable bonds is 14. The summed E-state index contributed by atoms with van der Waals surface area (Å²) in [5, 5.41) is 1.12. The molecule has 0 unspecified atom stereocenters. The molecule has 0 heterocycles. The summed E-state index contributed by atoms with van der Waals surface area (Å²) in [6.45, 7) is 4.87. The van der Waals surface area contributed by atoms with Gasteiger partial charge in [-0.05, 0) is 12.8 Å². The minimum Gasteiger partial charge on any atom is -0.328 e. The van der Waals surface area contributed by atoms with Crippen molar-refractivity contribution in [1.82, 2.24) is 0 Å². The van der Waals surface area contributed by atoms with E-state index in [2.05, 4.69) is 36.9 Å². The molecular weight excluding hydrogens is 298 g/mol. The van der Waals surface area contributed by atoms with Crippen LogP contribution in [-0.2, 0) is 0 Å². The van der Waals surface area contributed by atoms with Crippen LogP contribution in [-0.4, -0.2) is 37.0 Å². The van der Waals surface area contributed by atoms with Gasteiger partial charge in [0.05, 0.1) is 32.5 Å². The van der Waals surface area contributed by atoms with Crippen molar-refractivity contribution in [3.63, 3.8) is 0 Å². The van der Waals surface area contributed by atoms with Gasteiger partial charge in [0, 0.05) is 0 Å². The van der Waals surface area contributed by atoms with E-state index in [1.807, 2.05) is 0 Å². The average molecular weight is 335 g/mol. The van der Waals surface area contributed by atoms with Crippen LogP contribution in [0.15, 0.2) is 0 Å². The summed E-state index contributed by atoms with van der Waals surface area (Å²) >= 11 is 3.54. The Kier molecular flexibility index (Phi) is 13.7. The Morgan fingerprint density at radius 2 is 1.05 bits per heavy atom. The van der Waals surface area contributed by atoms with Crippen LogP contribution in [0.1, 0.15) is 77.6 Å². The number of hydrogen-bond acceptors (Lipinski definition) is 0. The summed E-state index contributed by atoms with van der Waals surface area (Å²) in [4.78, 5) is 0. The van der Waals surface area contributed by atoms with Crippen LogP contribution >= 0.6 is 15.9 Å². The van der Waals surface area contributed by atoms with Gasteiger partial charge in [-0.25, -0.2) is 0 Å². The van der Waals surface area contributed by atoms with Crippen LogP contribution in [0.4, 0.5) is 0 Å². The molecule has 0 spiro atoms. The van der Waals surface area contributed by atoms with E-state index in [4.69, 9.17) is 0 Å². The van der Waals surface area contributed by atoms with Gasteiger partial charge in [-0.3, -0.25) is 0 Å². The first-order valence-electron chi connectivity index (χ1n) is 8.50. The molecule has 0 fully saturated rings. The molecular formula is C17H37BrN+. The molecule has 0 aliphatic carbocycles. The summed E-state index contributed by atoms with van der Waals surface area (Å²) in [5.41, 5.74) is 0. The number of halogens is 1. The second-order valence-electron chi connectivity index (χ2n) is 6.61. The number of quaternary nitrogens is 1. The third-order valence-electron chi connectivity index (χ3n) is 4.06. The maximum atomic E-state index is 3.54. The first-order valence-corrected chi connectivity index (χ1v) is 9.62. The van der Waals surface area contributed by atoms with Crippen molar-refractivity contribution >= 4 is 15.9 Å². The monoisotopic (exact) mass is 334 g/mol. The second-order valence-corrected chi connectivity index (χ2v) is 7.40. The Hall–Kier alpha value is 0.440. The Balaban J connectivity index is 3.14. The van der Waals surface area contributed by atoms with Gasteiger partial charge in [-0.15, -0.1) is 0 Å². The first kappa shape index (κ1) is 19.4. The van der Waals surface area contributed by atoms with Crippen molar-refractivity contribution in [3.05, 3.63) is 0 Å². The molecule has 0 atom stereocenters. The summed E-state index contributed by atoms with van der Waals surface area (Å²) in [7, 11) is 4.69. The number of hydrogen-bond donors (Lipinski definition) is 0. The molecule has 0 saturated carbocycles. The van der Waals surface area contributed by atoms with Crippen LogP contribution in [0, 0.1) is 0 Å². The number of unbranched alkanes of at least 4 members (excludes halogenated alkanes) is 10. The zero-order chi connectivity index (χ0) is 14.4. The highest BCUT2D eigenvalue weighted by Gasteiger charge is 2.12. The Bertz CT molecular complexity index is 180. The third kappa shape index (κ3) is 14.7. The van der Waals surface area contributed by atoms with Gasteiger partial charge in [0.1, 0.15) is 0 Å². The van der Waals surface area contributed by atoms with Gasteiger partial charge < -0.3 is 4.48 Å². The van der Waals surface area contributed by atoms with Gasteiger partial charge in [-0.1, -0.05) is 80.6 Å². The van der Waals surface area contributed by atoms with E-state index in [-0.39, 0.29) is 0 Å². The molecule has 0 rings (SSSR count). The van der Waals surface area contributed by atoms with Crippen molar-refractivity contribution < 1.29 is 4.48 Å². The summed E-state index contributed by atoms with van der Waals surface area (Å²) < 4.78 is 1.17. The third-order valence-corrected chi connectivity index (χ3v) is 4.41. The summed E-state index contributed by atoms with van der Waals surface area (Å²) in [6.07, 6.45) is 15.9. The lowest BCUT2D eigenvalue weighted by molar-refractivity contribution is -0.887. The Labute approximate surface area is 130 Å². The molecule has 0 N–H and O–H groups in total. The maximum absolute atomic E-state index is 3.54. The molecule has 0 saturated heterocycles. The van der Waals surface area contributed by atoms with Gasteiger partial charge in [0.25, 0.3) is 0 Å². The highest BCUT2D eigenvalue weighted by atomic mass is 79.9. The standard InChI is InChI=1S/C17H37BrN/c1-4-5-6-7-8-9-10-11-12-13-14-16-19(2,3)17-15-18/h4-17H2,1-3H3/q+1. The largest absolute Gasteiger partial charge is 0.328 e. The van der Waals surface area contributed by atoms with Crippen LogP contribution in [0.5, 0.6) is 0 Å². The van der Waals surface area contributed by atoms with Crippen LogP contribution in [0.25, 0.3) is 0 Å². The maximum Gasteiger partial charge on any atom is 0.0880 e. The fourth-order valence-electron chi connectivity index (χ4n) is 2.54. The van der Waals surface area contributed by atoms with Gasteiger partial charge in [-0.2, -0.15) is 0 Å². The summed E-state index contributed by atoms with van der Waals surface area (Å²) in [5.74, 6) is 0. The highest BCUT2D eigenvalue weighted by Crippen LogP contribution is 2.12. The minimum absolute atomic E-state index is 1.12. The van der Waals surface area contributed by atoms with E-state index in [9.17, 15) is 0 Å². The SMILES string of the molecule is CCCCCCCCCCCCC[N+](C)(C)CCBr. The number of alkyl halides is 1. The molecule has 1 nitrogen and oxygen atoms in total. The molecule has 0 aliphatic rings. The zero-order valence-electron chi connectivity index (χ0n) is 13.7. The minimum atomic E-state index is 1.12. The molecule has 0 radical (unpaired) electrons. The lowest BCUT2D eigenvalue weighted by atomic mass is 10.1. The quantitative estimate of drug-likeness (QED) is 0.215. The fourth-order valence-corrected chi connectivity index (χ4v) is 3.50. The van der Waals surface area contributed by atoms with Gasteiger partial charge in [0.15, 0.2) is 0 Å². The van der Waals surface area contributed by atoms with E-state index in [0.29, 0.717) is 0 Å². The summed E-state index contributed by atoms with van der Waals surface area (Å²) in [6, 6.07) is 0. The Morgan fingerprint density at radius 3 is 1.47 bits per heavy atom. The molecule has 0 aromatic rings. The first-order chi connectivity index (χ1) is 9.12. The topological polar surface area (TPSA) is 0 Å². The van der Waals surface area contributed by atoms with Crippen molar-refractivity contribution in [2.45, 2.75) is 77.6 Å². The van der Waals surface area contributed by atoms with E-state index >= 15 is 0 Å². The smallest absolute Gasteiger partial charge is 0.0880 e. The molecule has 2 heteroatoms. The molecule has 0 amide bonds. The van der Waals surface area contributed by atoms with E-state index in [1.54, 1.807) is 0 Å². The van der Waals surface area contributed by atoms with Crippen LogP contribution in [0.2, 0.25) is 0 Å². The molecule has 19 heavy (non-hydrogen) atoms. The Morgan fingerprint density at radius 1 is 0.632 bits per heavy atom. The second kappa shape index (κ2) is 13.4. The molecule has 0 bridgehead atoms. The molecule has 0 aromatic heterocycles. The predicted octanol–water partition coefficient (Wildman–Crippen LogP) is 5.77. The fraction of sp³-hybridized carbons (Fsp3) is 1.00. The molecule has 0 aromatic carbocycles. The van der Waals surface area contributed by atoms with Crippen molar-refractivity contribution in [2.75, 3.05) is 32.5 Å². The van der Waals surface area contributed by atoms with Gasteiger partial charge >= 0.3 is 0 Å². The molecule has 116 valence electrons. The van der Waals surface area contributed by atoms with E-state index in [0.717, 1.165) is 5.33 Å². The van der Waals surface area contributed by atoms with Crippen molar-refractivity contribution in [1.29, 1.82) is 0 Å². The van der Waals surface area contributed by atoms with E-state index < -0.39 is 0 Å². The van der Waals surface area contributed by atoms with Crippen LogP contribution in [0.3, 0.4) is 0 Å².